The van der Waals surface area contributed by atoms with Gasteiger partial charge in [-0.3, -0.25) is 9.80 Å². The molecule has 0 aromatic heterocycles. The fourth-order valence-corrected chi connectivity index (χ4v) is 3.88. The van der Waals surface area contributed by atoms with Gasteiger partial charge in [-0.05, 0) is 31.9 Å². The van der Waals surface area contributed by atoms with E-state index in [0.717, 1.165) is 39.3 Å². The van der Waals surface area contributed by atoms with Gasteiger partial charge in [0.05, 0.1) is 6.61 Å². The van der Waals surface area contributed by atoms with Gasteiger partial charge in [0.15, 0.2) is 0 Å². The molecule has 1 atom stereocenters. The van der Waals surface area contributed by atoms with Crippen molar-refractivity contribution >= 4 is 12.2 Å². The molecule has 5 heteroatoms. The summed E-state index contributed by atoms with van der Waals surface area (Å²) in [5.41, 5.74) is 1.26. The lowest BCUT2D eigenvalue weighted by Gasteiger charge is -2.43. The highest BCUT2D eigenvalue weighted by atomic mass is 16.6. The van der Waals surface area contributed by atoms with E-state index in [1.54, 1.807) is 0 Å². The van der Waals surface area contributed by atoms with Gasteiger partial charge in [0, 0.05) is 45.3 Å². The van der Waals surface area contributed by atoms with Gasteiger partial charge in [0.2, 0.25) is 0 Å². The molecule has 1 unspecified atom stereocenters. The highest BCUT2D eigenvalue weighted by molar-refractivity contribution is 5.67. The van der Waals surface area contributed by atoms with Crippen molar-refractivity contribution in [3.8, 4) is 0 Å². The minimum absolute atomic E-state index is 0.163. The molecule has 1 amide bonds. The number of hydrogen-bond donors (Lipinski definition) is 0. The van der Waals surface area contributed by atoms with Crippen LogP contribution in [0.1, 0.15) is 25.3 Å². The van der Waals surface area contributed by atoms with Crippen molar-refractivity contribution in [2.24, 2.45) is 0 Å². The van der Waals surface area contributed by atoms with Crippen LogP contribution in [0, 0.1) is 0 Å². The molecule has 2 aliphatic rings. The number of likely N-dealkylation sites (tertiary alicyclic amines) is 1. The van der Waals surface area contributed by atoms with Crippen molar-refractivity contribution < 1.29 is 9.53 Å². The fraction of sp³-hybridized carbons (Fsp3) is 0.571. The zero-order valence-corrected chi connectivity index (χ0v) is 15.8. The van der Waals surface area contributed by atoms with E-state index in [1.807, 2.05) is 17.9 Å². The Morgan fingerprint density at radius 3 is 2.65 bits per heavy atom. The Kier molecular flexibility index (Phi) is 7.09. The summed E-state index contributed by atoms with van der Waals surface area (Å²) in [6, 6.07) is 11.1. The van der Waals surface area contributed by atoms with Crippen molar-refractivity contribution in [1.29, 1.82) is 0 Å². The summed E-state index contributed by atoms with van der Waals surface area (Å²) in [7, 11) is 0. The van der Waals surface area contributed by atoms with Gasteiger partial charge in [-0.2, -0.15) is 0 Å². The van der Waals surface area contributed by atoms with Gasteiger partial charge < -0.3 is 9.64 Å². The van der Waals surface area contributed by atoms with Crippen LogP contribution in [0.5, 0.6) is 0 Å². The second kappa shape index (κ2) is 9.74. The maximum atomic E-state index is 11.8. The Bertz CT molecular complexity index is 582. The van der Waals surface area contributed by atoms with Gasteiger partial charge in [-0.25, -0.2) is 4.79 Å². The lowest BCUT2D eigenvalue weighted by molar-refractivity contribution is 0.0450. The molecule has 5 nitrogen and oxygen atoms in total. The molecule has 1 aromatic rings. The molecule has 2 fully saturated rings. The first-order valence-electron chi connectivity index (χ1n) is 9.86. The van der Waals surface area contributed by atoms with Gasteiger partial charge in [-0.1, -0.05) is 42.5 Å². The van der Waals surface area contributed by atoms with Crippen LogP contribution in [0.2, 0.25) is 0 Å². The summed E-state index contributed by atoms with van der Waals surface area (Å²) in [5, 5.41) is 0. The molecule has 142 valence electrons. The monoisotopic (exact) mass is 357 g/mol. The van der Waals surface area contributed by atoms with Gasteiger partial charge in [0.1, 0.15) is 0 Å². The molecule has 0 N–H and O–H groups in total. The lowest BCUT2D eigenvalue weighted by atomic mass is 10.0. The van der Waals surface area contributed by atoms with Crippen LogP contribution in [-0.4, -0.2) is 79.3 Å². The third-order valence-corrected chi connectivity index (χ3v) is 5.31. The molecule has 0 spiro atoms. The maximum absolute atomic E-state index is 11.8. The average Bonchev–Trinajstić information content (AvgIpc) is 2.69. The third kappa shape index (κ3) is 5.32. The maximum Gasteiger partial charge on any atom is 0.409 e. The summed E-state index contributed by atoms with van der Waals surface area (Å²) in [6.07, 6.45) is 6.83. The average molecular weight is 357 g/mol. The Morgan fingerprint density at radius 1 is 1.15 bits per heavy atom. The quantitative estimate of drug-likeness (QED) is 0.812. The number of carbonyl (C=O) groups excluding carboxylic acids is 1. The van der Waals surface area contributed by atoms with E-state index in [4.69, 9.17) is 4.74 Å². The van der Waals surface area contributed by atoms with Crippen LogP contribution in [0.3, 0.4) is 0 Å². The molecular weight excluding hydrogens is 326 g/mol. The second-order valence-electron chi connectivity index (χ2n) is 7.09. The van der Waals surface area contributed by atoms with E-state index in [-0.39, 0.29) is 6.09 Å². The molecule has 0 radical (unpaired) electrons. The Morgan fingerprint density at radius 2 is 1.92 bits per heavy atom. The smallest absolute Gasteiger partial charge is 0.409 e. The SMILES string of the molecule is CCOC(=O)N1CCN(C2CCCN(C/C=C/c3ccccc3)C2)CC1. The first kappa shape index (κ1) is 18.9. The molecule has 3 rings (SSSR count). The van der Waals surface area contributed by atoms with Crippen LogP contribution >= 0.6 is 0 Å². The highest BCUT2D eigenvalue weighted by Crippen LogP contribution is 2.18. The Hall–Kier alpha value is -1.85. The van der Waals surface area contributed by atoms with Gasteiger partial charge in [-0.15, -0.1) is 0 Å². The first-order chi connectivity index (χ1) is 12.8. The molecule has 2 aliphatic heterocycles. The van der Waals surface area contributed by atoms with Crippen molar-refractivity contribution in [3.63, 3.8) is 0 Å². The summed E-state index contributed by atoms with van der Waals surface area (Å²) in [4.78, 5) is 18.8. The zero-order chi connectivity index (χ0) is 18.2. The molecule has 0 aliphatic carbocycles. The number of ether oxygens (including phenoxy) is 1. The van der Waals surface area contributed by atoms with Crippen LogP contribution in [0.4, 0.5) is 4.79 Å². The van der Waals surface area contributed by atoms with E-state index in [1.165, 1.54) is 24.9 Å². The topological polar surface area (TPSA) is 36.0 Å². The summed E-state index contributed by atoms with van der Waals surface area (Å²) in [5.74, 6) is 0. The minimum atomic E-state index is -0.163. The largest absolute Gasteiger partial charge is 0.450 e. The van der Waals surface area contributed by atoms with Crippen molar-refractivity contribution in [1.82, 2.24) is 14.7 Å². The Balaban J connectivity index is 1.44. The molecule has 2 heterocycles. The molecular formula is C21H31N3O2. The van der Waals surface area contributed by atoms with Gasteiger partial charge in [0.25, 0.3) is 0 Å². The number of hydrogen-bond acceptors (Lipinski definition) is 4. The standard InChI is InChI=1S/C21H31N3O2/c1-2-26-21(25)24-16-14-23(15-17-24)20-11-7-13-22(18-20)12-6-10-19-8-4-3-5-9-19/h3-6,8-10,20H,2,7,11-18H2,1H3/b10-6+. The number of rotatable bonds is 5. The second-order valence-corrected chi connectivity index (χ2v) is 7.09. The third-order valence-electron chi connectivity index (χ3n) is 5.31. The number of piperidine rings is 1. The predicted octanol–water partition coefficient (Wildman–Crippen LogP) is 2.94. The van der Waals surface area contributed by atoms with Crippen molar-refractivity contribution in [2.75, 3.05) is 52.4 Å². The number of amides is 1. The number of carbonyl (C=O) groups is 1. The van der Waals surface area contributed by atoms with Crippen LogP contribution in [0.15, 0.2) is 36.4 Å². The molecule has 0 bridgehead atoms. The van der Waals surface area contributed by atoms with Crippen LogP contribution in [-0.2, 0) is 4.74 Å². The van der Waals surface area contributed by atoms with Crippen molar-refractivity contribution in [2.45, 2.75) is 25.8 Å². The molecule has 0 saturated carbocycles. The molecule has 2 saturated heterocycles. The molecule has 1 aromatic carbocycles. The van der Waals surface area contributed by atoms with Crippen LogP contribution in [0.25, 0.3) is 6.08 Å². The van der Waals surface area contributed by atoms with E-state index in [2.05, 4.69) is 46.2 Å². The van der Waals surface area contributed by atoms with Gasteiger partial charge >= 0.3 is 6.09 Å². The summed E-state index contributed by atoms with van der Waals surface area (Å²) >= 11 is 0. The normalized spacial score (nSPS) is 22.7. The minimum Gasteiger partial charge on any atom is -0.450 e. The van der Waals surface area contributed by atoms with Crippen molar-refractivity contribution in [3.05, 3.63) is 42.0 Å². The molecule has 26 heavy (non-hydrogen) atoms. The first-order valence-corrected chi connectivity index (χ1v) is 9.86. The summed E-state index contributed by atoms with van der Waals surface area (Å²) in [6.45, 7) is 9.09. The number of piperazine rings is 1. The highest BCUT2D eigenvalue weighted by Gasteiger charge is 2.29. The van der Waals surface area contributed by atoms with E-state index < -0.39 is 0 Å². The van der Waals surface area contributed by atoms with Crippen LogP contribution < -0.4 is 0 Å². The number of nitrogens with zero attached hydrogens (tertiary/aromatic N) is 3. The Labute approximate surface area is 157 Å². The summed E-state index contributed by atoms with van der Waals surface area (Å²) < 4.78 is 5.11. The predicted molar refractivity (Wildman–Crippen MR) is 105 cm³/mol. The van der Waals surface area contributed by atoms with E-state index in [9.17, 15) is 4.79 Å². The van der Waals surface area contributed by atoms with E-state index >= 15 is 0 Å². The number of benzene rings is 1. The zero-order valence-electron chi connectivity index (χ0n) is 15.8. The lowest BCUT2D eigenvalue weighted by Crippen LogP contribution is -2.56. The van der Waals surface area contributed by atoms with E-state index in [0.29, 0.717) is 12.6 Å². The fourth-order valence-electron chi connectivity index (χ4n) is 3.88.